The van der Waals surface area contributed by atoms with Crippen LogP contribution in [0.4, 0.5) is 0 Å². The summed E-state index contributed by atoms with van der Waals surface area (Å²) in [6, 6.07) is 0. The second kappa shape index (κ2) is 3.93. The van der Waals surface area contributed by atoms with E-state index in [0.717, 1.165) is 6.08 Å². The molecular formula is C10H16O5P2. The first kappa shape index (κ1) is 14.4. The molecule has 0 aromatic carbocycles. The summed E-state index contributed by atoms with van der Waals surface area (Å²) >= 11 is 0. The Morgan fingerprint density at radius 1 is 1.06 bits per heavy atom. The summed E-state index contributed by atoms with van der Waals surface area (Å²) < 4.78 is 29.2. The standard InChI is InChI=1S/C10H16O5P2/c1-10(16(2,3)13,17(4,5)14)7-6-8(11)15-9(7)12/h6H,1-5H3. The largest absolute Gasteiger partial charge is 0.386 e. The van der Waals surface area contributed by atoms with Crippen molar-refractivity contribution in [3.63, 3.8) is 0 Å². The van der Waals surface area contributed by atoms with Gasteiger partial charge in [0.1, 0.15) is 4.90 Å². The number of esters is 2. The van der Waals surface area contributed by atoms with E-state index in [9.17, 15) is 18.7 Å². The Hall–Kier alpha value is -0.660. The smallest absolute Gasteiger partial charge is 0.343 e. The van der Waals surface area contributed by atoms with E-state index in [-0.39, 0.29) is 5.57 Å². The highest BCUT2D eigenvalue weighted by atomic mass is 31.2. The van der Waals surface area contributed by atoms with Crippen LogP contribution in [-0.2, 0) is 23.5 Å². The van der Waals surface area contributed by atoms with E-state index >= 15 is 0 Å². The van der Waals surface area contributed by atoms with E-state index in [2.05, 4.69) is 4.74 Å². The van der Waals surface area contributed by atoms with Crippen molar-refractivity contribution < 1.29 is 23.5 Å². The van der Waals surface area contributed by atoms with Gasteiger partial charge in [-0.25, -0.2) is 9.59 Å². The predicted octanol–water partition coefficient (Wildman–Crippen LogP) is 1.96. The maximum atomic E-state index is 12.4. The zero-order chi connectivity index (χ0) is 13.6. The molecule has 96 valence electrons. The summed E-state index contributed by atoms with van der Waals surface area (Å²) in [6.45, 7) is 7.35. The molecule has 1 heterocycles. The maximum Gasteiger partial charge on any atom is 0.343 e. The number of cyclic esters (lactones) is 2. The zero-order valence-electron chi connectivity index (χ0n) is 10.5. The molecule has 5 nitrogen and oxygen atoms in total. The lowest BCUT2D eigenvalue weighted by Gasteiger charge is -2.36. The number of carbonyl (C=O) groups excluding carboxylic acids is 2. The lowest BCUT2D eigenvalue weighted by molar-refractivity contribution is -0.150. The molecule has 1 aliphatic heterocycles. The highest BCUT2D eigenvalue weighted by molar-refractivity contribution is 7.82. The Balaban J connectivity index is 3.54. The van der Waals surface area contributed by atoms with Gasteiger partial charge in [-0.2, -0.15) is 0 Å². The molecule has 7 heteroatoms. The van der Waals surface area contributed by atoms with E-state index in [0.29, 0.717) is 0 Å². The molecule has 0 aliphatic carbocycles. The molecule has 1 rings (SSSR count). The Labute approximate surface area is 100 Å². The topological polar surface area (TPSA) is 77.5 Å². The fourth-order valence-electron chi connectivity index (χ4n) is 1.84. The second-order valence-electron chi connectivity index (χ2n) is 4.99. The molecule has 0 amide bonds. The predicted molar refractivity (Wildman–Crippen MR) is 66.5 cm³/mol. The molecule has 0 spiro atoms. The fourth-order valence-corrected chi connectivity index (χ4v) is 7.95. The summed E-state index contributed by atoms with van der Waals surface area (Å²) in [6.07, 6.45) is 1.00. The Kier molecular flexibility index (Phi) is 3.33. The quantitative estimate of drug-likeness (QED) is 0.448. The summed E-state index contributed by atoms with van der Waals surface area (Å²) in [7, 11) is -5.81. The highest BCUT2D eigenvalue weighted by Gasteiger charge is 2.54. The average Bonchev–Trinajstić information content (AvgIpc) is 2.40. The molecule has 0 aromatic heterocycles. The van der Waals surface area contributed by atoms with E-state index in [1.165, 1.54) is 33.6 Å². The molecule has 0 unspecified atom stereocenters. The molecule has 17 heavy (non-hydrogen) atoms. The molecular weight excluding hydrogens is 262 g/mol. The Morgan fingerprint density at radius 3 is 1.71 bits per heavy atom. The van der Waals surface area contributed by atoms with Crippen LogP contribution in [-0.4, -0.2) is 43.5 Å². The van der Waals surface area contributed by atoms with E-state index in [1.54, 1.807) is 0 Å². The molecule has 0 bridgehead atoms. The van der Waals surface area contributed by atoms with Gasteiger partial charge in [-0.3, -0.25) is 0 Å². The first-order valence-corrected chi connectivity index (χ1v) is 10.2. The summed E-state index contributed by atoms with van der Waals surface area (Å²) in [5.74, 6) is -1.64. The van der Waals surface area contributed by atoms with Gasteiger partial charge in [0, 0.05) is 6.08 Å². The Bertz CT molecular complexity index is 483. The van der Waals surface area contributed by atoms with Crippen LogP contribution in [0.2, 0.25) is 0 Å². The van der Waals surface area contributed by atoms with Crippen LogP contribution in [0.25, 0.3) is 0 Å². The fraction of sp³-hybridized carbons (Fsp3) is 0.600. The highest BCUT2D eigenvalue weighted by Crippen LogP contribution is 2.73. The van der Waals surface area contributed by atoms with Gasteiger partial charge in [0.2, 0.25) is 0 Å². The minimum absolute atomic E-state index is 0.0378. The van der Waals surface area contributed by atoms with Gasteiger partial charge < -0.3 is 13.9 Å². The maximum absolute atomic E-state index is 12.4. The van der Waals surface area contributed by atoms with Gasteiger partial charge in [0.05, 0.1) is 19.9 Å². The van der Waals surface area contributed by atoms with Gasteiger partial charge in [-0.15, -0.1) is 0 Å². The van der Waals surface area contributed by atoms with Crippen molar-refractivity contribution in [1.29, 1.82) is 0 Å². The lowest BCUT2D eigenvalue weighted by atomic mass is 10.2. The van der Waals surface area contributed by atoms with Gasteiger partial charge in [0.25, 0.3) is 0 Å². The zero-order valence-corrected chi connectivity index (χ0v) is 12.3. The molecule has 0 saturated carbocycles. The number of carbonyl (C=O) groups is 2. The minimum atomic E-state index is -2.91. The first-order valence-electron chi connectivity index (χ1n) is 5.00. The third-order valence-corrected chi connectivity index (χ3v) is 10.8. The van der Waals surface area contributed by atoms with Crippen molar-refractivity contribution >= 4 is 26.2 Å². The minimum Gasteiger partial charge on any atom is -0.386 e. The third kappa shape index (κ3) is 2.19. The van der Waals surface area contributed by atoms with Crippen LogP contribution in [0.3, 0.4) is 0 Å². The molecule has 1 aliphatic rings. The van der Waals surface area contributed by atoms with Crippen molar-refractivity contribution in [2.45, 2.75) is 11.8 Å². The van der Waals surface area contributed by atoms with Gasteiger partial charge in [-0.05, 0) is 33.6 Å². The van der Waals surface area contributed by atoms with Gasteiger partial charge in [-0.1, -0.05) is 0 Å². The van der Waals surface area contributed by atoms with Crippen molar-refractivity contribution in [3.8, 4) is 0 Å². The van der Waals surface area contributed by atoms with Crippen LogP contribution in [0, 0.1) is 0 Å². The van der Waals surface area contributed by atoms with Crippen LogP contribution < -0.4 is 0 Å². The molecule has 0 radical (unpaired) electrons. The molecule has 0 N–H and O–H groups in total. The van der Waals surface area contributed by atoms with Crippen molar-refractivity contribution in [2.75, 3.05) is 26.7 Å². The van der Waals surface area contributed by atoms with Crippen molar-refractivity contribution in [1.82, 2.24) is 0 Å². The van der Waals surface area contributed by atoms with Gasteiger partial charge in [0.15, 0.2) is 0 Å². The van der Waals surface area contributed by atoms with Crippen LogP contribution in [0.15, 0.2) is 11.6 Å². The van der Waals surface area contributed by atoms with E-state index in [4.69, 9.17) is 0 Å². The lowest BCUT2D eigenvalue weighted by Crippen LogP contribution is -2.30. The second-order valence-corrected chi connectivity index (χ2v) is 12.5. The van der Waals surface area contributed by atoms with Crippen LogP contribution in [0.5, 0.6) is 0 Å². The first-order chi connectivity index (χ1) is 7.41. The van der Waals surface area contributed by atoms with Gasteiger partial charge >= 0.3 is 11.9 Å². The summed E-state index contributed by atoms with van der Waals surface area (Å²) in [4.78, 5) is 21.3. The van der Waals surface area contributed by atoms with Crippen molar-refractivity contribution in [3.05, 3.63) is 11.6 Å². The van der Waals surface area contributed by atoms with Crippen LogP contribution in [0.1, 0.15) is 6.92 Å². The molecule has 0 fully saturated rings. The average molecular weight is 278 g/mol. The number of rotatable bonds is 3. The molecule has 0 saturated heterocycles. The number of hydrogen-bond donors (Lipinski definition) is 0. The summed E-state index contributed by atoms with van der Waals surface area (Å²) in [5, 5.41) is 0. The molecule has 0 atom stereocenters. The number of hydrogen-bond acceptors (Lipinski definition) is 5. The monoisotopic (exact) mass is 278 g/mol. The molecule has 0 aromatic rings. The van der Waals surface area contributed by atoms with E-state index in [1.807, 2.05) is 0 Å². The van der Waals surface area contributed by atoms with E-state index < -0.39 is 31.1 Å². The number of ether oxygens (including phenoxy) is 1. The third-order valence-electron chi connectivity index (χ3n) is 3.28. The van der Waals surface area contributed by atoms with Crippen LogP contribution >= 0.6 is 14.3 Å². The normalized spacial score (nSPS) is 18.1. The SMILES string of the molecule is CC(C1=CC(=O)OC1=O)(P(C)(C)=O)P(C)(C)=O. The van der Waals surface area contributed by atoms with Crippen molar-refractivity contribution in [2.24, 2.45) is 0 Å². The Morgan fingerprint density at radius 2 is 1.47 bits per heavy atom. The summed E-state index contributed by atoms with van der Waals surface area (Å²) in [5.41, 5.74) is -0.0378.